The number of carbonyl (C=O) groups excluding carboxylic acids is 1. The summed E-state index contributed by atoms with van der Waals surface area (Å²) in [6.07, 6.45) is 6.63. The van der Waals surface area contributed by atoms with Crippen molar-refractivity contribution in [1.29, 1.82) is 0 Å². The van der Waals surface area contributed by atoms with Gasteiger partial charge in [-0.2, -0.15) is 0 Å². The lowest BCUT2D eigenvalue weighted by atomic mass is 10.0. The third-order valence-electron chi connectivity index (χ3n) is 3.30. The number of nitrogens with one attached hydrogen (secondary N) is 1. The third kappa shape index (κ3) is 1.73. The fraction of sp³-hybridized carbons (Fsp3) is 0.231. The van der Waals surface area contributed by atoms with Crippen molar-refractivity contribution in [1.82, 2.24) is 14.9 Å². The van der Waals surface area contributed by atoms with Gasteiger partial charge in [-0.25, -0.2) is 4.79 Å². The molecule has 5 heteroatoms. The van der Waals surface area contributed by atoms with E-state index in [1.807, 2.05) is 24.4 Å². The first kappa shape index (κ1) is 10.8. The molecule has 18 heavy (non-hydrogen) atoms. The van der Waals surface area contributed by atoms with E-state index in [4.69, 9.17) is 5.73 Å². The Morgan fingerprint density at radius 2 is 2.39 bits per heavy atom. The second-order valence-corrected chi connectivity index (χ2v) is 4.37. The highest BCUT2D eigenvalue weighted by Gasteiger charge is 2.17. The summed E-state index contributed by atoms with van der Waals surface area (Å²) >= 11 is 0. The van der Waals surface area contributed by atoms with Crippen LogP contribution < -0.4 is 5.73 Å². The van der Waals surface area contributed by atoms with E-state index >= 15 is 0 Å². The number of hydrogen-bond donors (Lipinski definition) is 2. The Hall–Kier alpha value is -2.30. The fourth-order valence-electron chi connectivity index (χ4n) is 2.31. The monoisotopic (exact) mass is 242 g/mol. The van der Waals surface area contributed by atoms with Gasteiger partial charge >= 0.3 is 6.03 Å². The van der Waals surface area contributed by atoms with E-state index in [0.29, 0.717) is 13.1 Å². The number of pyridine rings is 1. The molecule has 2 aromatic rings. The number of H-pyrrole nitrogens is 1. The first-order valence-electron chi connectivity index (χ1n) is 5.91. The zero-order valence-electron chi connectivity index (χ0n) is 9.89. The van der Waals surface area contributed by atoms with E-state index in [-0.39, 0.29) is 6.03 Å². The highest BCUT2D eigenvalue weighted by molar-refractivity contribution is 5.90. The van der Waals surface area contributed by atoms with Crippen molar-refractivity contribution in [3.63, 3.8) is 0 Å². The molecule has 0 aromatic carbocycles. The molecule has 0 saturated heterocycles. The van der Waals surface area contributed by atoms with Crippen LogP contribution in [0, 0.1) is 0 Å². The summed E-state index contributed by atoms with van der Waals surface area (Å²) in [5.74, 6) is 0. The van der Waals surface area contributed by atoms with E-state index < -0.39 is 0 Å². The van der Waals surface area contributed by atoms with Crippen molar-refractivity contribution in [3.8, 4) is 0 Å². The summed E-state index contributed by atoms with van der Waals surface area (Å²) in [7, 11) is 0. The number of rotatable bonds is 1. The van der Waals surface area contributed by atoms with Gasteiger partial charge in [0.05, 0.1) is 11.0 Å². The summed E-state index contributed by atoms with van der Waals surface area (Å²) in [6.45, 7) is 1.24. The van der Waals surface area contributed by atoms with E-state index in [0.717, 1.165) is 23.0 Å². The maximum Gasteiger partial charge on any atom is 0.315 e. The van der Waals surface area contributed by atoms with E-state index in [1.165, 1.54) is 5.57 Å². The van der Waals surface area contributed by atoms with Gasteiger partial charge in [0.1, 0.15) is 0 Å². The molecule has 0 radical (unpaired) electrons. The minimum Gasteiger partial charge on any atom is -0.359 e. The van der Waals surface area contributed by atoms with Crippen molar-refractivity contribution < 1.29 is 4.79 Å². The third-order valence-corrected chi connectivity index (χ3v) is 3.30. The standard InChI is InChI=1S/C13H14N4O/c14-13(18)17-6-3-9(4-7-17)10-8-16-11-2-1-5-15-12(10)11/h1-3,5,8,16H,4,6-7H2,(H2,14,18). The Balaban J connectivity index is 1.94. The van der Waals surface area contributed by atoms with Crippen LogP contribution in [0.25, 0.3) is 16.6 Å². The van der Waals surface area contributed by atoms with E-state index in [9.17, 15) is 4.79 Å². The van der Waals surface area contributed by atoms with Crippen molar-refractivity contribution in [2.75, 3.05) is 13.1 Å². The van der Waals surface area contributed by atoms with Crippen LogP contribution in [-0.2, 0) is 0 Å². The predicted molar refractivity (Wildman–Crippen MR) is 69.8 cm³/mol. The van der Waals surface area contributed by atoms with Crippen molar-refractivity contribution >= 4 is 22.6 Å². The second-order valence-electron chi connectivity index (χ2n) is 4.37. The topological polar surface area (TPSA) is 75.0 Å². The molecule has 92 valence electrons. The largest absolute Gasteiger partial charge is 0.359 e. The molecule has 3 N–H and O–H groups in total. The van der Waals surface area contributed by atoms with Crippen LogP contribution in [0.1, 0.15) is 12.0 Å². The molecular weight excluding hydrogens is 228 g/mol. The van der Waals surface area contributed by atoms with Crippen LogP contribution in [0.2, 0.25) is 0 Å². The van der Waals surface area contributed by atoms with Gasteiger partial charge in [0.25, 0.3) is 0 Å². The summed E-state index contributed by atoms with van der Waals surface area (Å²) < 4.78 is 0. The summed E-state index contributed by atoms with van der Waals surface area (Å²) in [4.78, 5) is 20.3. The maximum atomic E-state index is 11.1. The fourth-order valence-corrected chi connectivity index (χ4v) is 2.31. The molecule has 0 unspecified atom stereocenters. The van der Waals surface area contributed by atoms with E-state index in [1.54, 1.807) is 11.1 Å². The van der Waals surface area contributed by atoms with Crippen molar-refractivity contribution in [3.05, 3.63) is 36.2 Å². The molecule has 1 aliphatic rings. The molecule has 0 spiro atoms. The number of fused-ring (bicyclic) bond motifs is 1. The lowest BCUT2D eigenvalue weighted by molar-refractivity contribution is 0.213. The van der Waals surface area contributed by atoms with Crippen molar-refractivity contribution in [2.24, 2.45) is 5.73 Å². The number of amides is 2. The predicted octanol–water partition coefficient (Wildman–Crippen LogP) is 1.73. The van der Waals surface area contributed by atoms with Crippen LogP contribution >= 0.6 is 0 Å². The smallest absolute Gasteiger partial charge is 0.315 e. The maximum absolute atomic E-state index is 11.1. The number of urea groups is 1. The Labute approximate surface area is 104 Å². The lowest BCUT2D eigenvalue weighted by Crippen LogP contribution is -2.38. The van der Waals surface area contributed by atoms with Gasteiger partial charge < -0.3 is 15.6 Å². The number of aromatic amines is 1. The average molecular weight is 242 g/mol. The minimum atomic E-state index is -0.359. The molecule has 0 saturated carbocycles. The minimum absolute atomic E-state index is 0.359. The van der Waals surface area contributed by atoms with Gasteiger partial charge in [0.2, 0.25) is 0 Å². The average Bonchev–Trinajstić information content (AvgIpc) is 2.82. The molecule has 3 rings (SSSR count). The molecule has 3 heterocycles. The molecule has 5 nitrogen and oxygen atoms in total. The zero-order chi connectivity index (χ0) is 12.5. The Bertz CT molecular complexity index is 629. The summed E-state index contributed by atoms with van der Waals surface area (Å²) in [6, 6.07) is 3.56. The van der Waals surface area contributed by atoms with Gasteiger partial charge in [-0.1, -0.05) is 6.08 Å². The SMILES string of the molecule is NC(=O)N1CC=C(c2c[nH]c3cccnc23)CC1. The number of carbonyl (C=O) groups is 1. The normalized spacial score (nSPS) is 15.8. The van der Waals surface area contributed by atoms with Crippen LogP contribution in [-0.4, -0.2) is 34.0 Å². The first-order chi connectivity index (χ1) is 8.75. The van der Waals surface area contributed by atoms with Crippen LogP contribution in [0.15, 0.2) is 30.6 Å². The highest BCUT2D eigenvalue weighted by Crippen LogP contribution is 2.27. The van der Waals surface area contributed by atoms with Gasteiger partial charge in [-0.3, -0.25) is 4.98 Å². The van der Waals surface area contributed by atoms with Gasteiger partial charge in [-0.15, -0.1) is 0 Å². The molecular formula is C13H14N4O. The molecule has 0 bridgehead atoms. The number of primary amides is 1. The lowest BCUT2D eigenvalue weighted by Gasteiger charge is -2.24. The molecule has 0 fully saturated rings. The second kappa shape index (κ2) is 4.18. The number of nitrogens with two attached hydrogens (primary N) is 1. The molecule has 2 amide bonds. The van der Waals surface area contributed by atoms with Gasteiger partial charge in [-0.05, 0) is 24.1 Å². The summed E-state index contributed by atoms with van der Waals surface area (Å²) in [5, 5.41) is 0. The Kier molecular flexibility index (Phi) is 2.51. The Morgan fingerprint density at radius 3 is 3.11 bits per heavy atom. The highest BCUT2D eigenvalue weighted by atomic mass is 16.2. The van der Waals surface area contributed by atoms with Crippen LogP contribution in [0.5, 0.6) is 0 Å². The van der Waals surface area contributed by atoms with Gasteiger partial charge in [0.15, 0.2) is 0 Å². The van der Waals surface area contributed by atoms with Crippen molar-refractivity contribution in [2.45, 2.75) is 6.42 Å². The quantitative estimate of drug-likeness (QED) is 0.799. The molecule has 2 aromatic heterocycles. The van der Waals surface area contributed by atoms with Crippen LogP contribution in [0.4, 0.5) is 4.79 Å². The number of hydrogen-bond acceptors (Lipinski definition) is 2. The zero-order valence-corrected chi connectivity index (χ0v) is 9.89. The molecule has 0 atom stereocenters. The Morgan fingerprint density at radius 1 is 1.50 bits per heavy atom. The van der Waals surface area contributed by atoms with Gasteiger partial charge in [0, 0.05) is 31.0 Å². The van der Waals surface area contributed by atoms with E-state index in [2.05, 4.69) is 9.97 Å². The summed E-state index contributed by atoms with van der Waals surface area (Å²) in [5.41, 5.74) is 9.62. The number of aromatic nitrogens is 2. The molecule has 1 aliphatic heterocycles. The van der Waals surface area contributed by atoms with Crippen LogP contribution in [0.3, 0.4) is 0 Å². The first-order valence-corrected chi connectivity index (χ1v) is 5.91. The molecule has 0 aliphatic carbocycles. The number of nitrogens with zero attached hydrogens (tertiary/aromatic N) is 2.